The van der Waals surface area contributed by atoms with Gasteiger partial charge < -0.3 is 14.9 Å². The molecule has 16 heavy (non-hydrogen) atoms. The summed E-state index contributed by atoms with van der Waals surface area (Å²) in [5.41, 5.74) is 0. The molecular weight excluding hydrogens is 215 g/mol. The third-order valence-electron chi connectivity index (χ3n) is 3.68. The first-order valence-corrected chi connectivity index (χ1v) is 5.57. The van der Waals surface area contributed by atoms with Crippen LogP contribution in [0.25, 0.3) is 0 Å². The number of fused-ring (bicyclic) bond motifs is 1. The molecule has 0 aromatic carbocycles. The normalized spacial score (nSPS) is 49.3. The molecule has 0 aromatic rings. The number of hydrogen-bond donors (Lipinski definition) is 3. The summed E-state index contributed by atoms with van der Waals surface area (Å²) < 4.78 is 19.6. The van der Waals surface area contributed by atoms with Crippen molar-refractivity contribution in [1.29, 1.82) is 0 Å². The Morgan fingerprint density at radius 1 is 1.56 bits per heavy atom. The number of aliphatic hydroxyl groups is 2. The van der Waals surface area contributed by atoms with Crippen LogP contribution in [0.3, 0.4) is 0 Å². The highest BCUT2D eigenvalue weighted by Gasteiger charge is 2.52. The van der Waals surface area contributed by atoms with Gasteiger partial charge in [0.25, 0.3) is 0 Å². The first kappa shape index (κ1) is 12.2. The minimum absolute atomic E-state index is 0.206. The molecule has 1 saturated carbocycles. The molecule has 2 unspecified atom stereocenters. The fraction of sp³-hybridized carbons (Fsp3) is 1.00. The standard InChI is InChI=1S/C10H19FN2O3/c1-12-10-13(2)8-6(16-10)3-5(4-14)9(15)7(8)11/h5-10,12,14-15H,3-4H2,1-2H3/t5?,6-,7-,8-,9+,10?/m0/s1. The van der Waals surface area contributed by atoms with Crippen molar-refractivity contribution >= 4 is 0 Å². The van der Waals surface area contributed by atoms with E-state index in [1.165, 1.54) is 0 Å². The van der Waals surface area contributed by atoms with Gasteiger partial charge in [-0.25, -0.2) is 4.39 Å². The van der Waals surface area contributed by atoms with Gasteiger partial charge in [-0.05, 0) is 20.5 Å². The quantitative estimate of drug-likeness (QED) is 0.566. The van der Waals surface area contributed by atoms with Crippen LogP contribution in [0.1, 0.15) is 6.42 Å². The molecule has 0 amide bonds. The molecule has 2 rings (SSSR count). The van der Waals surface area contributed by atoms with Crippen LogP contribution in [-0.2, 0) is 4.74 Å². The van der Waals surface area contributed by atoms with Gasteiger partial charge in [-0.15, -0.1) is 0 Å². The van der Waals surface area contributed by atoms with E-state index in [1.807, 2.05) is 0 Å². The number of ether oxygens (including phenoxy) is 1. The van der Waals surface area contributed by atoms with E-state index in [4.69, 9.17) is 9.84 Å². The lowest BCUT2D eigenvalue weighted by molar-refractivity contribution is -0.0792. The van der Waals surface area contributed by atoms with E-state index >= 15 is 0 Å². The molecule has 2 fully saturated rings. The van der Waals surface area contributed by atoms with Gasteiger partial charge in [0.05, 0.1) is 18.2 Å². The van der Waals surface area contributed by atoms with Gasteiger partial charge in [-0.2, -0.15) is 0 Å². The second kappa shape index (κ2) is 4.54. The van der Waals surface area contributed by atoms with Crippen LogP contribution >= 0.6 is 0 Å². The average Bonchev–Trinajstić information content (AvgIpc) is 2.60. The number of alkyl halides is 1. The zero-order chi connectivity index (χ0) is 11.9. The van der Waals surface area contributed by atoms with E-state index in [2.05, 4.69) is 5.32 Å². The maximum atomic E-state index is 14.0. The van der Waals surface area contributed by atoms with Crippen LogP contribution in [-0.4, -0.2) is 66.6 Å². The predicted octanol–water partition coefficient (Wildman–Crippen LogP) is -1.10. The molecule has 94 valence electrons. The summed E-state index contributed by atoms with van der Waals surface area (Å²) in [4.78, 5) is 1.76. The van der Waals surface area contributed by atoms with Gasteiger partial charge in [0.2, 0.25) is 0 Å². The van der Waals surface area contributed by atoms with Gasteiger partial charge in [0.1, 0.15) is 6.17 Å². The highest BCUT2D eigenvalue weighted by atomic mass is 19.1. The van der Waals surface area contributed by atoms with Crippen molar-refractivity contribution in [2.24, 2.45) is 5.92 Å². The second-order valence-electron chi connectivity index (χ2n) is 4.59. The molecule has 0 aromatic heterocycles. The molecule has 1 saturated heterocycles. The van der Waals surface area contributed by atoms with Crippen molar-refractivity contribution < 1.29 is 19.3 Å². The third kappa shape index (κ3) is 1.74. The Kier molecular flexibility index (Phi) is 3.46. The molecule has 0 spiro atoms. The maximum absolute atomic E-state index is 14.0. The Morgan fingerprint density at radius 2 is 2.25 bits per heavy atom. The Hall–Kier alpha value is -0.270. The summed E-state index contributed by atoms with van der Waals surface area (Å²) in [6, 6.07) is -0.435. The summed E-state index contributed by atoms with van der Waals surface area (Å²) in [7, 11) is 3.51. The number of aliphatic hydroxyl groups excluding tert-OH is 2. The van der Waals surface area contributed by atoms with Crippen LogP contribution in [0.4, 0.5) is 4.39 Å². The van der Waals surface area contributed by atoms with Crippen molar-refractivity contribution in [1.82, 2.24) is 10.2 Å². The molecular formula is C10H19FN2O3. The Labute approximate surface area is 94.2 Å². The van der Waals surface area contributed by atoms with E-state index < -0.39 is 24.2 Å². The van der Waals surface area contributed by atoms with E-state index in [-0.39, 0.29) is 19.1 Å². The van der Waals surface area contributed by atoms with Gasteiger partial charge in [0, 0.05) is 12.5 Å². The fourth-order valence-corrected chi connectivity index (χ4v) is 2.74. The van der Waals surface area contributed by atoms with Gasteiger partial charge in [-0.1, -0.05) is 0 Å². The third-order valence-corrected chi connectivity index (χ3v) is 3.68. The summed E-state index contributed by atoms with van der Waals surface area (Å²) in [5.74, 6) is -0.430. The largest absolute Gasteiger partial charge is 0.396 e. The lowest BCUT2D eigenvalue weighted by Gasteiger charge is -2.38. The Balaban J connectivity index is 2.14. The molecule has 0 radical (unpaired) electrons. The van der Waals surface area contributed by atoms with E-state index in [0.29, 0.717) is 6.42 Å². The number of nitrogens with one attached hydrogen (secondary N) is 1. The van der Waals surface area contributed by atoms with Crippen molar-refractivity contribution in [2.75, 3.05) is 20.7 Å². The minimum Gasteiger partial charge on any atom is -0.396 e. The fourth-order valence-electron chi connectivity index (χ4n) is 2.74. The smallest absolute Gasteiger partial charge is 0.166 e. The average molecular weight is 234 g/mol. The number of likely N-dealkylation sites (N-methyl/N-ethyl adjacent to an activating group) is 1. The van der Waals surface area contributed by atoms with Crippen molar-refractivity contribution in [3.8, 4) is 0 Å². The molecule has 5 nitrogen and oxygen atoms in total. The van der Waals surface area contributed by atoms with Crippen LogP contribution < -0.4 is 5.32 Å². The summed E-state index contributed by atoms with van der Waals surface area (Å²) in [5, 5.41) is 21.7. The minimum atomic E-state index is -1.38. The summed E-state index contributed by atoms with van der Waals surface area (Å²) in [6.45, 7) is -0.206. The zero-order valence-electron chi connectivity index (χ0n) is 9.51. The topological polar surface area (TPSA) is 65.0 Å². The summed E-state index contributed by atoms with van der Waals surface area (Å²) in [6.07, 6.45) is -2.58. The van der Waals surface area contributed by atoms with Crippen LogP contribution in [0.5, 0.6) is 0 Å². The van der Waals surface area contributed by atoms with Gasteiger partial charge in [0.15, 0.2) is 6.35 Å². The highest BCUT2D eigenvalue weighted by Crippen LogP contribution is 2.36. The SMILES string of the molecule is CNC1O[C@H]2CC(CO)[C@@H](O)[C@@H](F)[C@H]2N1C. The zero-order valence-corrected chi connectivity index (χ0v) is 9.51. The van der Waals surface area contributed by atoms with Crippen molar-refractivity contribution in [3.05, 3.63) is 0 Å². The highest BCUT2D eigenvalue weighted by molar-refractivity contribution is 5.01. The molecule has 1 heterocycles. The van der Waals surface area contributed by atoms with Crippen molar-refractivity contribution in [2.45, 2.75) is 37.2 Å². The van der Waals surface area contributed by atoms with Gasteiger partial charge >= 0.3 is 0 Å². The second-order valence-corrected chi connectivity index (χ2v) is 4.59. The lowest BCUT2D eigenvalue weighted by atomic mass is 9.80. The number of rotatable bonds is 2. The number of nitrogens with zero attached hydrogens (tertiary/aromatic N) is 1. The molecule has 6 heteroatoms. The monoisotopic (exact) mass is 234 g/mol. The molecule has 1 aliphatic carbocycles. The Morgan fingerprint density at radius 3 is 2.81 bits per heavy atom. The van der Waals surface area contributed by atoms with Crippen molar-refractivity contribution in [3.63, 3.8) is 0 Å². The first-order chi connectivity index (χ1) is 7.60. The predicted molar refractivity (Wildman–Crippen MR) is 55.4 cm³/mol. The molecule has 6 atom stereocenters. The lowest BCUT2D eigenvalue weighted by Crippen LogP contribution is -2.55. The molecule has 3 N–H and O–H groups in total. The molecule has 2 aliphatic rings. The van der Waals surface area contributed by atoms with Gasteiger partial charge in [-0.3, -0.25) is 10.2 Å². The van der Waals surface area contributed by atoms with Crippen LogP contribution in [0, 0.1) is 5.92 Å². The van der Waals surface area contributed by atoms with E-state index in [1.54, 1.807) is 19.0 Å². The van der Waals surface area contributed by atoms with Crippen LogP contribution in [0.15, 0.2) is 0 Å². The van der Waals surface area contributed by atoms with E-state index in [9.17, 15) is 9.50 Å². The Bertz CT molecular complexity index is 256. The molecule has 1 aliphatic heterocycles. The van der Waals surface area contributed by atoms with Crippen LogP contribution in [0.2, 0.25) is 0 Å². The molecule has 0 bridgehead atoms. The van der Waals surface area contributed by atoms with E-state index in [0.717, 1.165) is 0 Å². The number of halogens is 1. The first-order valence-electron chi connectivity index (χ1n) is 5.57. The summed E-state index contributed by atoms with van der Waals surface area (Å²) >= 11 is 0. The maximum Gasteiger partial charge on any atom is 0.166 e. The number of hydrogen-bond acceptors (Lipinski definition) is 5.